The Morgan fingerprint density at radius 3 is 2.48 bits per heavy atom. The van der Waals surface area contributed by atoms with Gasteiger partial charge in [0.15, 0.2) is 0 Å². The van der Waals surface area contributed by atoms with Gasteiger partial charge in [0.1, 0.15) is 6.17 Å². The lowest BCUT2D eigenvalue weighted by atomic mass is 10.0. The molecule has 256 valence electrons. The molecule has 3 aliphatic heterocycles. The maximum absolute atomic E-state index is 14.0. The van der Waals surface area contributed by atoms with Crippen LogP contribution in [-0.2, 0) is 40.5 Å². The number of nitrogens with zero attached hydrogens (tertiary/aromatic N) is 5. The molecule has 2 atom stereocenters. The maximum atomic E-state index is 14.0. The van der Waals surface area contributed by atoms with Crippen molar-refractivity contribution in [3.05, 3.63) is 35.0 Å². The molecule has 3 aliphatic rings. The molecule has 1 aromatic carbocycles. The first-order chi connectivity index (χ1) is 21.7. The van der Waals surface area contributed by atoms with Crippen molar-refractivity contribution in [2.75, 3.05) is 57.8 Å². The molecular weight excluding hydrogens is 648 g/mol. The first-order valence-electron chi connectivity index (χ1n) is 15.6. The number of hydrogen-bond acceptors (Lipinski definition) is 8. The average Bonchev–Trinajstić information content (AvgIpc) is 3.55. The van der Waals surface area contributed by atoms with Crippen LogP contribution in [0.1, 0.15) is 43.0 Å². The molecule has 10 nitrogen and oxygen atoms in total. The van der Waals surface area contributed by atoms with Gasteiger partial charge in [-0.05, 0) is 31.4 Å². The van der Waals surface area contributed by atoms with Gasteiger partial charge in [0.25, 0.3) is 0 Å². The van der Waals surface area contributed by atoms with Crippen molar-refractivity contribution >= 4 is 27.7 Å². The second-order valence-corrected chi connectivity index (χ2v) is 15.6. The van der Waals surface area contributed by atoms with E-state index in [0.717, 1.165) is 42.6 Å². The number of amides is 1. The maximum Gasteiger partial charge on any atom is 0.417 e. The van der Waals surface area contributed by atoms with Crippen LogP contribution >= 0.6 is 11.8 Å². The van der Waals surface area contributed by atoms with Crippen molar-refractivity contribution in [2.24, 2.45) is 0 Å². The Morgan fingerprint density at radius 1 is 1.13 bits per heavy atom. The summed E-state index contributed by atoms with van der Waals surface area (Å²) in [7, 11) is -3.54. The third kappa shape index (κ3) is 8.81. The fourth-order valence-corrected chi connectivity index (χ4v) is 8.44. The number of carbonyl (C=O) groups is 1. The molecule has 0 aliphatic carbocycles. The van der Waals surface area contributed by atoms with Crippen molar-refractivity contribution in [1.29, 1.82) is 0 Å². The van der Waals surface area contributed by atoms with Gasteiger partial charge < -0.3 is 15.3 Å². The zero-order chi connectivity index (χ0) is 33.2. The van der Waals surface area contributed by atoms with E-state index in [-0.39, 0.29) is 43.0 Å². The third-order valence-corrected chi connectivity index (χ3v) is 11.1. The number of benzene rings is 1. The minimum absolute atomic E-state index is 0.0269. The molecule has 0 spiro atoms. The van der Waals surface area contributed by atoms with Crippen LogP contribution in [0, 0.1) is 0 Å². The quantitative estimate of drug-likeness (QED) is 0.274. The number of halogens is 4. The van der Waals surface area contributed by atoms with E-state index in [1.807, 2.05) is 4.90 Å². The van der Waals surface area contributed by atoms with E-state index in [2.05, 4.69) is 10.2 Å². The summed E-state index contributed by atoms with van der Waals surface area (Å²) in [6, 6.07) is 3.96. The van der Waals surface area contributed by atoms with Crippen LogP contribution < -0.4 is 5.32 Å². The van der Waals surface area contributed by atoms with Gasteiger partial charge in [0.05, 0.1) is 30.2 Å². The largest absolute Gasteiger partial charge is 0.417 e. The second kappa shape index (κ2) is 14.5. The number of β-amino-alcohol motifs (C(OH)–C–C–N with tert-alkyl or cyclic N) is 1. The zero-order valence-electron chi connectivity index (χ0n) is 26.1. The normalized spacial score (nSPS) is 21.4. The Kier molecular flexibility index (Phi) is 11.0. The Labute approximate surface area is 271 Å². The van der Waals surface area contributed by atoms with Crippen molar-refractivity contribution < 1.29 is 35.9 Å². The minimum Gasteiger partial charge on any atom is -0.390 e. The van der Waals surface area contributed by atoms with E-state index in [0.29, 0.717) is 68.1 Å². The summed E-state index contributed by atoms with van der Waals surface area (Å²) in [5.41, 5.74) is 1.42. The molecule has 0 saturated carbocycles. The predicted octanol–water partition coefficient (Wildman–Crippen LogP) is 2.98. The molecule has 2 saturated heterocycles. The molecule has 4 heterocycles. The highest BCUT2D eigenvalue weighted by Crippen LogP contribution is 2.40. The van der Waals surface area contributed by atoms with Gasteiger partial charge in [-0.15, -0.1) is 11.8 Å². The minimum atomic E-state index is -4.58. The first kappa shape index (κ1) is 35.1. The molecule has 2 N–H and O–H groups in total. The Bertz CT molecular complexity index is 1500. The number of rotatable bonds is 11. The van der Waals surface area contributed by atoms with E-state index in [9.17, 15) is 35.9 Å². The van der Waals surface area contributed by atoms with Gasteiger partial charge in [-0.2, -0.15) is 22.6 Å². The van der Waals surface area contributed by atoms with E-state index in [1.165, 1.54) is 23.4 Å². The average molecular weight is 691 g/mol. The van der Waals surface area contributed by atoms with Gasteiger partial charge in [-0.25, -0.2) is 12.8 Å². The van der Waals surface area contributed by atoms with E-state index >= 15 is 0 Å². The molecule has 0 bridgehead atoms. The number of sulfonamides is 1. The van der Waals surface area contributed by atoms with E-state index in [1.54, 1.807) is 4.68 Å². The topological polar surface area (TPSA) is 111 Å². The van der Waals surface area contributed by atoms with Gasteiger partial charge >= 0.3 is 6.18 Å². The van der Waals surface area contributed by atoms with Crippen LogP contribution in [0.5, 0.6) is 0 Å². The summed E-state index contributed by atoms with van der Waals surface area (Å²) in [4.78, 5) is 15.4. The van der Waals surface area contributed by atoms with Crippen LogP contribution in [0.25, 0.3) is 11.3 Å². The summed E-state index contributed by atoms with van der Waals surface area (Å²) in [5.74, 6) is 0.284. The molecule has 46 heavy (non-hydrogen) atoms. The highest BCUT2D eigenvalue weighted by atomic mass is 32.2. The molecule has 2 unspecified atom stereocenters. The van der Waals surface area contributed by atoms with Crippen molar-refractivity contribution in [2.45, 2.75) is 75.1 Å². The number of aliphatic hydroxyl groups is 1. The monoisotopic (exact) mass is 690 g/mol. The van der Waals surface area contributed by atoms with Crippen molar-refractivity contribution in [3.63, 3.8) is 0 Å². The number of nitrogens with one attached hydrogen (secondary N) is 1. The molecule has 2 aromatic rings. The fourth-order valence-electron chi connectivity index (χ4n) is 6.53. The van der Waals surface area contributed by atoms with E-state index in [4.69, 9.17) is 5.10 Å². The predicted molar refractivity (Wildman–Crippen MR) is 168 cm³/mol. The lowest BCUT2D eigenvalue weighted by Gasteiger charge is -2.33. The number of aromatic nitrogens is 2. The summed E-state index contributed by atoms with van der Waals surface area (Å²) in [5, 5.41) is 18.8. The van der Waals surface area contributed by atoms with Crippen molar-refractivity contribution in [1.82, 2.24) is 29.2 Å². The molecule has 16 heteroatoms. The van der Waals surface area contributed by atoms with Gasteiger partial charge in [-0.1, -0.05) is 6.07 Å². The second-order valence-electron chi connectivity index (χ2n) is 12.5. The number of piperidine rings is 1. The number of fused-ring (bicyclic) bond motifs is 1. The highest BCUT2D eigenvalue weighted by molar-refractivity contribution is 7.99. The third-order valence-electron chi connectivity index (χ3n) is 8.86. The number of carbonyl (C=O) groups excluding carboxylic acids is 1. The van der Waals surface area contributed by atoms with Crippen molar-refractivity contribution in [3.8, 4) is 11.3 Å². The fraction of sp³-hybridized carbons (Fsp3) is 0.667. The molecule has 5 rings (SSSR count). The Morgan fingerprint density at radius 2 is 1.85 bits per heavy atom. The van der Waals surface area contributed by atoms with Gasteiger partial charge in [-0.3, -0.25) is 14.4 Å². The van der Waals surface area contributed by atoms with Gasteiger partial charge in [0.2, 0.25) is 15.9 Å². The Balaban J connectivity index is 1.38. The standard InChI is InChI=1S/C30H42F4N6O4S2/c1-20(41)35-23-6-10-37(11-7-23)17-24(42)18-40-27-8-12-39(46(2,43)44)19-25(27)29(36-40)21-3-4-26(30(32,33)34)28(15-21)45-14-13-38-9-5-22(31)16-38/h3-4,15,22-24,42H,5-14,16-19H2,1-2H3,(H,35,41). The number of thioether (sulfide) groups is 1. The van der Waals surface area contributed by atoms with Crippen LogP contribution in [0.3, 0.4) is 0 Å². The summed E-state index contributed by atoms with van der Waals surface area (Å²) >= 11 is 1.06. The Hall–Kier alpha value is -2.24. The first-order valence-corrected chi connectivity index (χ1v) is 18.4. The lowest BCUT2D eigenvalue weighted by Crippen LogP contribution is -2.46. The highest BCUT2D eigenvalue weighted by Gasteiger charge is 2.35. The van der Waals surface area contributed by atoms with Crippen LogP contribution in [0.2, 0.25) is 0 Å². The molecule has 2 fully saturated rings. The summed E-state index contributed by atoms with van der Waals surface area (Å²) in [6.45, 7) is 5.03. The molecule has 1 amide bonds. The smallest absolute Gasteiger partial charge is 0.390 e. The van der Waals surface area contributed by atoms with Gasteiger partial charge in [0, 0.05) is 99.2 Å². The lowest BCUT2D eigenvalue weighted by molar-refractivity contribution is -0.139. The summed E-state index contributed by atoms with van der Waals surface area (Å²) in [6.07, 6.45) is -2.84. The summed E-state index contributed by atoms with van der Waals surface area (Å²) < 4.78 is 83.6. The van der Waals surface area contributed by atoms with Crippen LogP contribution in [-0.4, -0.2) is 119 Å². The number of likely N-dealkylation sites (tertiary alicyclic amines) is 2. The zero-order valence-corrected chi connectivity index (χ0v) is 27.7. The number of hydrogen-bond donors (Lipinski definition) is 2. The molecule has 1 aromatic heterocycles. The van der Waals surface area contributed by atoms with E-state index < -0.39 is 34.0 Å². The number of aliphatic hydroxyl groups excluding tert-OH is 1. The molecule has 0 radical (unpaired) electrons. The number of alkyl halides is 4. The van der Waals surface area contributed by atoms with Crippen LogP contribution in [0.15, 0.2) is 23.1 Å². The van der Waals surface area contributed by atoms with Crippen LogP contribution in [0.4, 0.5) is 17.6 Å². The SMILES string of the molecule is CC(=O)NC1CCN(CC(O)Cn2nc(-c3ccc(C(F)(F)F)c(SCCN4CCC(F)C4)c3)c3c2CCN(S(C)(=O)=O)C3)CC1. The molecular formula is C30H42F4N6O4S2.